The number of hydrogen-bond donors (Lipinski definition) is 1. The van der Waals surface area contributed by atoms with Crippen molar-refractivity contribution in [2.24, 2.45) is 9.98 Å². The van der Waals surface area contributed by atoms with Gasteiger partial charge in [-0.3, -0.25) is 0 Å². The summed E-state index contributed by atoms with van der Waals surface area (Å²) in [6.07, 6.45) is 5.27. The van der Waals surface area contributed by atoms with Crippen LogP contribution in [0.15, 0.2) is 533 Å². The Kier molecular flexibility index (Phi) is 25.2. The molecule has 6 heterocycles. The van der Waals surface area contributed by atoms with E-state index in [1.54, 1.807) is 0 Å². The molecule has 0 saturated heterocycles. The summed E-state index contributed by atoms with van der Waals surface area (Å²) in [4.78, 5) is 53.8. The molecule has 1 aliphatic heterocycles. The summed E-state index contributed by atoms with van der Waals surface area (Å²) in [5.41, 5.74) is 31.8. The zero-order chi connectivity index (χ0) is 98.0. The van der Waals surface area contributed by atoms with Crippen LogP contribution in [0, 0.1) is 0 Å². The fourth-order valence-electron chi connectivity index (χ4n) is 18.7. The van der Waals surface area contributed by atoms with Crippen molar-refractivity contribution in [1.82, 2.24) is 50.2 Å². The number of hydrogen-bond acceptors (Lipinski definition) is 15. The van der Waals surface area contributed by atoms with Crippen molar-refractivity contribution < 1.29 is 13.3 Å². The molecule has 0 radical (unpaired) electrons. The minimum atomic E-state index is -0.330. The average molecular weight is 1890 g/mol. The maximum atomic E-state index is 6.32. The molecule has 1 unspecified atom stereocenters. The predicted molar refractivity (Wildman–Crippen MR) is 595 cm³/mol. The van der Waals surface area contributed by atoms with Gasteiger partial charge in [0.15, 0.2) is 64.3 Å². The summed E-state index contributed by atoms with van der Waals surface area (Å²) in [5, 5.41) is 7.99. The van der Waals surface area contributed by atoms with Crippen molar-refractivity contribution >= 4 is 72.6 Å². The number of fused-ring (bicyclic) bond motifs is 6. The first kappa shape index (κ1) is 89.8. The third-order valence-electron chi connectivity index (χ3n) is 26.4. The Morgan fingerprint density at radius 3 is 1.10 bits per heavy atom. The number of oxazole rings is 3. The maximum Gasteiger partial charge on any atom is 0.227 e. The fourth-order valence-corrected chi connectivity index (χ4v) is 18.7. The second kappa shape index (κ2) is 41.2. The highest BCUT2D eigenvalue weighted by atomic mass is 16.4. The van der Waals surface area contributed by atoms with Crippen LogP contribution in [-0.4, -0.2) is 56.5 Å². The van der Waals surface area contributed by atoms with E-state index in [4.69, 9.17) is 63.1 Å². The molecular weight excluding hydrogens is 1800 g/mol. The summed E-state index contributed by atoms with van der Waals surface area (Å²) >= 11 is 0. The fraction of sp³-hybridized carbons (Fsp3) is 0.0227. The molecule has 0 spiro atoms. The molecule has 1 aliphatic carbocycles. The van der Waals surface area contributed by atoms with Crippen molar-refractivity contribution in [2.75, 3.05) is 0 Å². The quantitative estimate of drug-likeness (QED) is 0.0906. The number of aliphatic imine (C=N–C) groups is 2. The van der Waals surface area contributed by atoms with Gasteiger partial charge in [-0.15, -0.1) is 0 Å². The van der Waals surface area contributed by atoms with Gasteiger partial charge in [-0.2, -0.15) is 0 Å². The topological polar surface area (TPSA) is 192 Å². The Bertz CT molecular complexity index is 9110. The molecule has 5 aromatic heterocycles. The normalized spacial score (nSPS) is 12.5. The van der Waals surface area contributed by atoms with Crippen molar-refractivity contribution in [1.29, 1.82) is 0 Å². The Hall–Kier alpha value is -19.8. The molecule has 25 aromatic rings. The number of nitrogens with one attached hydrogen (secondary N) is 1. The Morgan fingerprint density at radius 1 is 0.231 bits per heavy atom. The summed E-state index contributed by atoms with van der Waals surface area (Å²) in [7, 11) is 0. The first-order chi connectivity index (χ1) is 72.8. The van der Waals surface area contributed by atoms with Crippen LogP contribution >= 0.6 is 0 Å². The van der Waals surface area contributed by atoms with Gasteiger partial charge in [0.05, 0.1) is 0 Å². The number of nitrogens with zero attached hydrogens (tertiary/aromatic N) is 11. The second-order valence-corrected chi connectivity index (χ2v) is 35.9. The van der Waals surface area contributed by atoms with Gasteiger partial charge in [0.2, 0.25) is 11.8 Å². The molecule has 20 aromatic carbocycles. The molecule has 147 heavy (non-hydrogen) atoms. The average Bonchev–Trinajstić information content (AvgIpc) is 1.76. The highest BCUT2D eigenvalue weighted by Crippen LogP contribution is 2.41. The van der Waals surface area contributed by atoms with Crippen LogP contribution in [0.1, 0.15) is 34.8 Å². The predicted octanol–water partition coefficient (Wildman–Crippen LogP) is 32.7. The summed E-state index contributed by atoms with van der Waals surface area (Å²) < 4.78 is 18.0. The molecule has 696 valence electrons. The van der Waals surface area contributed by atoms with Crippen molar-refractivity contribution in [3.8, 4) is 158 Å². The number of para-hydroxylation sites is 2. The molecular formula is C132H90N12O3. The Balaban J connectivity index is 0.000000115. The standard InChI is InChI=1S/2C44H28N4O.C38H28N4O.C6H6/c1-4-11-29(12-5-1)30-19-21-32(22-20-30)42-46-41(31-13-6-2-7-14-31)47-43(48-42)37-26-24-34-27-36(25-23-35(34)28-37)38-17-10-18-39-40(38)49-44(45-39)33-15-8-3-9-16-33;1-4-10-29(11-5-1)30-16-18-32(19-17-30)42-46-41(31-12-6-2-7-13-31)47-43(48-42)38-23-22-34-26-35(20-21-36(34)27-38)37-24-25-39-40(28-37)49-44(45-39)33-14-8-3-9-15-33;1-3-8-25(9-4-1)26-14-16-28(17-15-26)37-40-36(27-10-5-2-6-11-27)41-38(42-37)32-21-19-29-22-31(20-18-30(29)23-32)33-12-7-13-34-35(33)39-24-43-34;1-2-4-6-5-3-1/h2*1-28H;1-18,20,22-24,37H,19,21H2,(H,40,41,42);1-6H. The number of rotatable bonds is 17. The molecule has 0 saturated carbocycles. The SMILES string of the molecule is C1=C(C2=NC(c3ccc(-c4ccccc4)cc3)N=C(c3ccccc3)N2)CCc2cc(-c3cccc4ocnc34)ccc21.c1ccc(-c2ccc(-c3nc(-c4ccccc4)nc(-c4ccc5cc(-c6ccc7nc(-c8ccccc8)oc7c6)ccc5c4)n3)cc2)cc1.c1ccc(-c2ccc(-c3nc(-c4ccccc4)nc(-c4ccc5cc(-c6cccc7nc(-c8ccccc8)oc67)ccc5c4)n3)cc2)cc1.c1ccccc1. The molecule has 1 atom stereocenters. The van der Waals surface area contributed by atoms with Gasteiger partial charge in [0.25, 0.3) is 0 Å². The van der Waals surface area contributed by atoms with Crippen LogP contribution in [0.3, 0.4) is 0 Å². The van der Waals surface area contributed by atoms with E-state index in [0.29, 0.717) is 46.7 Å². The van der Waals surface area contributed by atoms with Crippen LogP contribution in [0.5, 0.6) is 0 Å². The van der Waals surface area contributed by atoms with E-state index in [0.717, 1.165) is 179 Å². The zero-order valence-corrected chi connectivity index (χ0v) is 79.6. The number of amidine groups is 2. The summed E-state index contributed by atoms with van der Waals surface area (Å²) in [6.45, 7) is 0. The molecule has 0 fully saturated rings. The van der Waals surface area contributed by atoms with Crippen molar-refractivity contribution in [2.45, 2.75) is 19.0 Å². The largest absolute Gasteiger partial charge is 0.443 e. The molecule has 15 heteroatoms. The van der Waals surface area contributed by atoms with Crippen LogP contribution in [0.2, 0.25) is 0 Å². The lowest BCUT2D eigenvalue weighted by atomic mass is 9.88. The van der Waals surface area contributed by atoms with E-state index in [1.807, 2.05) is 224 Å². The first-order valence-electron chi connectivity index (χ1n) is 49.0. The lowest BCUT2D eigenvalue weighted by molar-refractivity contribution is 0.602. The molecule has 15 nitrogen and oxygen atoms in total. The van der Waals surface area contributed by atoms with E-state index < -0.39 is 0 Å². The van der Waals surface area contributed by atoms with Gasteiger partial charge in [0, 0.05) is 61.2 Å². The Morgan fingerprint density at radius 2 is 0.585 bits per heavy atom. The van der Waals surface area contributed by atoms with E-state index in [9.17, 15) is 0 Å². The maximum absolute atomic E-state index is 6.32. The zero-order valence-electron chi connectivity index (χ0n) is 79.6. The molecule has 0 amide bonds. The highest BCUT2D eigenvalue weighted by Gasteiger charge is 2.27. The first-order valence-corrected chi connectivity index (χ1v) is 49.0. The van der Waals surface area contributed by atoms with Crippen molar-refractivity contribution in [3.63, 3.8) is 0 Å². The molecule has 2 aliphatic rings. The lowest BCUT2D eigenvalue weighted by Gasteiger charge is -2.25. The summed E-state index contributed by atoms with van der Waals surface area (Å²) in [5.74, 6) is 6.77. The van der Waals surface area contributed by atoms with E-state index in [-0.39, 0.29) is 6.17 Å². The lowest BCUT2D eigenvalue weighted by Crippen LogP contribution is -2.37. The molecule has 1 N–H and O–H groups in total. The number of benzene rings is 20. The van der Waals surface area contributed by atoms with Gasteiger partial charge in [-0.1, -0.05) is 425 Å². The number of aromatic nitrogens is 9. The van der Waals surface area contributed by atoms with E-state index in [1.165, 1.54) is 45.3 Å². The summed E-state index contributed by atoms with van der Waals surface area (Å²) in [6, 6.07) is 170. The Labute approximate surface area is 848 Å². The molecule has 0 bridgehead atoms. The van der Waals surface area contributed by atoms with Gasteiger partial charge >= 0.3 is 0 Å². The monoisotopic (exact) mass is 1890 g/mol. The minimum absolute atomic E-state index is 0.330. The van der Waals surface area contributed by atoms with E-state index in [2.05, 4.69) is 289 Å². The van der Waals surface area contributed by atoms with Crippen LogP contribution in [-0.2, 0) is 6.42 Å². The van der Waals surface area contributed by atoms with Gasteiger partial charge in [-0.05, 0) is 191 Å². The van der Waals surface area contributed by atoms with Gasteiger partial charge < -0.3 is 18.6 Å². The third kappa shape index (κ3) is 19.9. The second-order valence-electron chi connectivity index (χ2n) is 35.9. The third-order valence-corrected chi connectivity index (χ3v) is 26.4. The van der Waals surface area contributed by atoms with Crippen molar-refractivity contribution in [3.05, 3.63) is 532 Å². The van der Waals surface area contributed by atoms with Gasteiger partial charge in [-0.25, -0.2) is 54.8 Å². The van der Waals surface area contributed by atoms with E-state index >= 15 is 0 Å². The smallest absolute Gasteiger partial charge is 0.227 e. The van der Waals surface area contributed by atoms with Gasteiger partial charge in [0.1, 0.15) is 28.2 Å². The van der Waals surface area contributed by atoms with Crippen LogP contribution < -0.4 is 5.32 Å². The highest BCUT2D eigenvalue weighted by molar-refractivity contribution is 6.17. The van der Waals surface area contributed by atoms with Crippen LogP contribution in [0.4, 0.5) is 0 Å². The minimum Gasteiger partial charge on any atom is -0.443 e. The van der Waals surface area contributed by atoms with Crippen LogP contribution in [0.25, 0.3) is 219 Å². The molecule has 27 rings (SSSR count). The number of aryl methyl sites for hydroxylation is 1.